The zero-order chi connectivity index (χ0) is 29.9. The quantitative estimate of drug-likeness (QED) is 0.224. The molecular formula is C36H71Br. The minimum absolute atomic E-state index is 0.0356. The van der Waals surface area contributed by atoms with E-state index in [0.717, 1.165) is 0 Å². The molecule has 37 heavy (non-hydrogen) atoms. The SMILES string of the molecule is CC(C)C1C(C(C)C)(C(C)C)C(C(C)C)(C(C)C)C(Br)(C(C)C)C(C(C)C)(C(C)C)C1(C(C)C)C(C)C. The molecule has 0 unspecified atom stereocenters. The highest BCUT2D eigenvalue weighted by Crippen LogP contribution is 2.87. The van der Waals surface area contributed by atoms with E-state index in [9.17, 15) is 0 Å². The van der Waals surface area contributed by atoms with Gasteiger partial charge >= 0.3 is 0 Å². The second-order valence-electron chi connectivity index (χ2n) is 16.4. The van der Waals surface area contributed by atoms with Gasteiger partial charge < -0.3 is 0 Å². The molecule has 1 aliphatic rings. The van der Waals surface area contributed by atoms with Gasteiger partial charge in [-0.05, 0) is 86.8 Å². The van der Waals surface area contributed by atoms with Gasteiger partial charge in [0, 0.05) is 4.32 Å². The Morgan fingerprint density at radius 3 is 0.676 bits per heavy atom. The van der Waals surface area contributed by atoms with Crippen molar-refractivity contribution in [1.82, 2.24) is 0 Å². The standard InChI is InChI=1S/C36H71Br/c1-21(2)31-32(22(3)4,23(5)6)34(26(11)12,27(13)14)36(37,30(19)20)35(28(15)16,29(17)18)33(31,24(7)8)25(9)10/h21-31H,1-20H3. The van der Waals surface area contributed by atoms with Crippen LogP contribution < -0.4 is 0 Å². The molecule has 1 rings (SSSR count). The van der Waals surface area contributed by atoms with Crippen molar-refractivity contribution in [2.45, 2.75) is 143 Å². The van der Waals surface area contributed by atoms with E-state index in [-0.39, 0.29) is 26.0 Å². The number of hydrogen-bond donors (Lipinski definition) is 0. The molecule has 0 aromatic heterocycles. The number of halogens is 1. The molecule has 0 aromatic rings. The second kappa shape index (κ2) is 11.4. The van der Waals surface area contributed by atoms with Gasteiger partial charge in [-0.25, -0.2) is 0 Å². The molecule has 0 atom stereocenters. The number of rotatable bonds is 10. The Morgan fingerprint density at radius 1 is 0.351 bits per heavy atom. The Hall–Kier alpha value is 0.480. The molecular weight excluding hydrogens is 512 g/mol. The lowest BCUT2D eigenvalue weighted by Crippen LogP contribution is -2.85. The maximum Gasteiger partial charge on any atom is 0.0414 e. The van der Waals surface area contributed by atoms with Gasteiger partial charge in [0.2, 0.25) is 0 Å². The van der Waals surface area contributed by atoms with E-state index in [4.69, 9.17) is 15.9 Å². The summed E-state index contributed by atoms with van der Waals surface area (Å²) in [4.78, 5) is 0. The maximum atomic E-state index is 5.01. The topological polar surface area (TPSA) is 0 Å². The van der Waals surface area contributed by atoms with Crippen LogP contribution in [0.25, 0.3) is 0 Å². The third kappa shape index (κ3) is 3.83. The maximum absolute atomic E-state index is 5.01. The van der Waals surface area contributed by atoms with Crippen LogP contribution in [0.4, 0.5) is 0 Å². The van der Waals surface area contributed by atoms with Crippen LogP contribution in [0.3, 0.4) is 0 Å². The van der Waals surface area contributed by atoms with Crippen molar-refractivity contribution in [3.05, 3.63) is 0 Å². The Labute approximate surface area is 244 Å². The van der Waals surface area contributed by atoms with Crippen molar-refractivity contribution in [2.75, 3.05) is 0 Å². The number of alkyl halides is 1. The minimum atomic E-state index is -0.0356. The first-order valence-corrected chi connectivity index (χ1v) is 17.0. The summed E-state index contributed by atoms with van der Waals surface area (Å²) in [6.07, 6.45) is 0. The summed E-state index contributed by atoms with van der Waals surface area (Å²) in [6.45, 7) is 51.9. The monoisotopic (exact) mass is 582 g/mol. The van der Waals surface area contributed by atoms with Crippen molar-refractivity contribution < 1.29 is 0 Å². The lowest BCUT2D eigenvalue weighted by molar-refractivity contribution is -0.355. The summed E-state index contributed by atoms with van der Waals surface area (Å²) < 4.78 is -0.0356. The van der Waals surface area contributed by atoms with E-state index in [2.05, 4.69) is 138 Å². The van der Waals surface area contributed by atoms with Crippen molar-refractivity contribution >= 4 is 15.9 Å². The molecule has 0 saturated heterocycles. The fourth-order valence-electron chi connectivity index (χ4n) is 13.6. The molecule has 0 aliphatic heterocycles. The molecule has 1 fully saturated rings. The molecule has 1 saturated carbocycles. The van der Waals surface area contributed by atoms with E-state index in [1.807, 2.05) is 0 Å². The summed E-state index contributed by atoms with van der Waals surface area (Å²) >= 11 is 5.01. The summed E-state index contributed by atoms with van der Waals surface area (Å²) in [7, 11) is 0. The Bertz CT molecular complexity index is 646. The molecule has 222 valence electrons. The molecule has 0 spiro atoms. The highest BCUT2D eigenvalue weighted by molar-refractivity contribution is 9.10. The first-order chi connectivity index (χ1) is 16.6. The van der Waals surface area contributed by atoms with Crippen LogP contribution in [0.1, 0.15) is 138 Å². The summed E-state index contributed by atoms with van der Waals surface area (Å²) in [5.74, 6) is 6.23. The van der Waals surface area contributed by atoms with Gasteiger partial charge in [-0.1, -0.05) is 154 Å². The van der Waals surface area contributed by atoms with E-state index < -0.39 is 0 Å². The molecule has 0 amide bonds. The summed E-state index contributed by atoms with van der Waals surface area (Å²) in [6, 6.07) is 0. The zero-order valence-corrected chi connectivity index (χ0v) is 30.8. The third-order valence-electron chi connectivity index (χ3n) is 12.6. The van der Waals surface area contributed by atoms with Gasteiger partial charge in [-0.3, -0.25) is 0 Å². The van der Waals surface area contributed by atoms with E-state index in [1.54, 1.807) is 0 Å². The lowest BCUT2D eigenvalue weighted by atomic mass is 9.20. The van der Waals surface area contributed by atoms with E-state index in [1.165, 1.54) is 0 Å². The summed E-state index contributed by atoms with van der Waals surface area (Å²) in [5, 5.41) is 0. The molecule has 1 heteroatoms. The molecule has 0 N–H and O–H groups in total. The highest BCUT2D eigenvalue weighted by atomic mass is 79.9. The largest absolute Gasteiger partial charge is 0.0837 e. The van der Waals surface area contributed by atoms with Crippen molar-refractivity contribution in [3.8, 4) is 0 Å². The molecule has 1 aliphatic carbocycles. The molecule has 0 bridgehead atoms. The minimum Gasteiger partial charge on any atom is -0.0837 e. The van der Waals surface area contributed by atoms with Crippen LogP contribution >= 0.6 is 15.9 Å². The molecule has 0 aromatic carbocycles. The van der Waals surface area contributed by atoms with Gasteiger partial charge in [0.15, 0.2) is 0 Å². The first-order valence-electron chi connectivity index (χ1n) is 16.2. The van der Waals surface area contributed by atoms with Crippen LogP contribution in [0.2, 0.25) is 0 Å². The van der Waals surface area contributed by atoms with Crippen LogP contribution in [-0.4, -0.2) is 4.32 Å². The number of hydrogen-bond acceptors (Lipinski definition) is 0. The Kier molecular flexibility index (Phi) is 10.9. The fraction of sp³-hybridized carbons (Fsp3) is 1.00. The van der Waals surface area contributed by atoms with Gasteiger partial charge in [-0.2, -0.15) is 0 Å². The van der Waals surface area contributed by atoms with Crippen molar-refractivity contribution in [1.29, 1.82) is 0 Å². The second-order valence-corrected chi connectivity index (χ2v) is 17.7. The predicted octanol–water partition coefficient (Wildman–Crippen LogP) is 12.3. The van der Waals surface area contributed by atoms with Crippen molar-refractivity contribution in [3.63, 3.8) is 0 Å². The Balaban J connectivity index is 5.13. The average Bonchev–Trinajstić information content (AvgIpc) is 2.69. The van der Waals surface area contributed by atoms with Crippen molar-refractivity contribution in [2.24, 2.45) is 86.8 Å². The molecule has 0 nitrogen and oxygen atoms in total. The average molecular weight is 584 g/mol. The lowest BCUT2D eigenvalue weighted by Gasteiger charge is -2.86. The van der Waals surface area contributed by atoms with E-state index >= 15 is 0 Å². The Morgan fingerprint density at radius 2 is 0.568 bits per heavy atom. The zero-order valence-electron chi connectivity index (χ0n) is 29.2. The van der Waals surface area contributed by atoms with Gasteiger partial charge in [0.1, 0.15) is 0 Å². The first kappa shape index (κ1) is 35.5. The van der Waals surface area contributed by atoms with Gasteiger partial charge in [0.25, 0.3) is 0 Å². The molecule has 0 heterocycles. The van der Waals surface area contributed by atoms with Crippen LogP contribution in [-0.2, 0) is 0 Å². The highest BCUT2D eigenvalue weighted by Gasteiger charge is 2.85. The van der Waals surface area contributed by atoms with Gasteiger partial charge in [0.05, 0.1) is 0 Å². The summed E-state index contributed by atoms with van der Waals surface area (Å²) in [5.41, 5.74) is 0.540. The fourth-order valence-corrected chi connectivity index (χ4v) is 16.2. The van der Waals surface area contributed by atoms with Crippen LogP contribution in [0, 0.1) is 86.8 Å². The van der Waals surface area contributed by atoms with E-state index in [0.29, 0.717) is 65.1 Å². The third-order valence-corrected chi connectivity index (χ3v) is 14.8. The van der Waals surface area contributed by atoms with Crippen LogP contribution in [0.5, 0.6) is 0 Å². The smallest absolute Gasteiger partial charge is 0.0414 e. The molecule has 0 radical (unpaired) electrons. The van der Waals surface area contributed by atoms with Gasteiger partial charge in [-0.15, -0.1) is 0 Å². The predicted molar refractivity (Wildman–Crippen MR) is 173 cm³/mol. The normalized spacial score (nSPS) is 27.5. The van der Waals surface area contributed by atoms with Crippen LogP contribution in [0.15, 0.2) is 0 Å².